The van der Waals surface area contributed by atoms with Crippen LogP contribution in [0.5, 0.6) is 0 Å². The van der Waals surface area contributed by atoms with Crippen molar-refractivity contribution in [1.82, 2.24) is 10.1 Å². The SMILES string of the molecule is O=C(Nc1cc(-c2ccccc2)on1)N1CCc2ccccc2C1. The Morgan fingerprint density at radius 3 is 2.62 bits per heavy atom. The van der Waals surface area contributed by atoms with Gasteiger partial charge in [-0.25, -0.2) is 4.79 Å². The molecule has 2 aromatic carbocycles. The van der Waals surface area contributed by atoms with Crippen molar-refractivity contribution in [1.29, 1.82) is 0 Å². The molecule has 5 heteroatoms. The minimum Gasteiger partial charge on any atom is -0.354 e. The van der Waals surface area contributed by atoms with Crippen LogP contribution < -0.4 is 5.32 Å². The minimum absolute atomic E-state index is 0.155. The normalized spacial score (nSPS) is 13.4. The Hall–Kier alpha value is -3.08. The monoisotopic (exact) mass is 319 g/mol. The zero-order valence-electron chi connectivity index (χ0n) is 13.1. The Bertz CT molecular complexity index is 858. The molecule has 0 bridgehead atoms. The maximum Gasteiger partial charge on any atom is 0.323 e. The first-order valence-corrected chi connectivity index (χ1v) is 7.94. The lowest BCUT2D eigenvalue weighted by atomic mass is 10.0. The van der Waals surface area contributed by atoms with E-state index in [1.54, 1.807) is 11.0 Å². The molecule has 0 saturated heterocycles. The van der Waals surface area contributed by atoms with Gasteiger partial charge in [-0.2, -0.15) is 0 Å². The van der Waals surface area contributed by atoms with Gasteiger partial charge in [0.2, 0.25) is 0 Å². The number of nitrogens with zero attached hydrogens (tertiary/aromatic N) is 2. The second-order valence-corrected chi connectivity index (χ2v) is 5.81. The van der Waals surface area contributed by atoms with Gasteiger partial charge in [0.05, 0.1) is 0 Å². The summed E-state index contributed by atoms with van der Waals surface area (Å²) in [6.45, 7) is 1.32. The van der Waals surface area contributed by atoms with E-state index in [1.165, 1.54) is 11.1 Å². The number of anilines is 1. The Kier molecular flexibility index (Phi) is 3.75. The van der Waals surface area contributed by atoms with Crippen molar-refractivity contribution in [3.05, 3.63) is 71.8 Å². The predicted octanol–water partition coefficient (Wildman–Crippen LogP) is 3.93. The largest absolute Gasteiger partial charge is 0.354 e. The molecule has 2 amide bonds. The third-order valence-electron chi connectivity index (χ3n) is 4.22. The zero-order valence-corrected chi connectivity index (χ0v) is 13.1. The topological polar surface area (TPSA) is 58.4 Å². The van der Waals surface area contributed by atoms with E-state index < -0.39 is 0 Å². The van der Waals surface area contributed by atoms with Gasteiger partial charge < -0.3 is 9.42 Å². The molecule has 4 rings (SSSR count). The Morgan fingerprint density at radius 2 is 1.79 bits per heavy atom. The van der Waals surface area contributed by atoms with Gasteiger partial charge in [-0.1, -0.05) is 59.8 Å². The molecule has 1 aromatic heterocycles. The number of nitrogens with one attached hydrogen (secondary N) is 1. The summed E-state index contributed by atoms with van der Waals surface area (Å²) in [5, 5.41) is 6.75. The third-order valence-corrected chi connectivity index (χ3v) is 4.22. The standard InChI is InChI=1S/C19H17N3O2/c23-19(22-11-10-14-6-4-5-9-16(14)13-22)20-18-12-17(24-21-18)15-7-2-1-3-8-15/h1-9,12H,10-11,13H2,(H,20,21,23). The molecule has 1 aliphatic heterocycles. The highest BCUT2D eigenvalue weighted by Crippen LogP contribution is 2.23. The van der Waals surface area contributed by atoms with Crippen LogP contribution in [0.15, 0.2) is 65.2 Å². The van der Waals surface area contributed by atoms with Gasteiger partial charge in [0.15, 0.2) is 11.6 Å². The predicted molar refractivity (Wildman–Crippen MR) is 91.5 cm³/mol. The average Bonchev–Trinajstić information content (AvgIpc) is 3.10. The molecule has 3 aromatic rings. The number of aromatic nitrogens is 1. The van der Waals surface area contributed by atoms with Crippen molar-refractivity contribution in [2.75, 3.05) is 11.9 Å². The maximum absolute atomic E-state index is 12.5. The van der Waals surface area contributed by atoms with E-state index in [4.69, 9.17) is 4.52 Å². The lowest BCUT2D eigenvalue weighted by Gasteiger charge is -2.28. The average molecular weight is 319 g/mol. The Labute approximate surface area is 139 Å². The smallest absolute Gasteiger partial charge is 0.323 e. The number of fused-ring (bicyclic) bond motifs is 1. The molecule has 0 unspecified atom stereocenters. The number of hydrogen-bond donors (Lipinski definition) is 1. The summed E-state index contributed by atoms with van der Waals surface area (Å²) in [5.41, 5.74) is 3.44. The van der Waals surface area contributed by atoms with Gasteiger partial charge in [-0.3, -0.25) is 5.32 Å². The summed E-state index contributed by atoms with van der Waals surface area (Å²) < 4.78 is 5.31. The van der Waals surface area contributed by atoms with Crippen molar-refractivity contribution >= 4 is 11.8 Å². The number of carbonyl (C=O) groups is 1. The number of carbonyl (C=O) groups excluding carboxylic acids is 1. The molecule has 1 aliphatic rings. The fourth-order valence-corrected chi connectivity index (χ4v) is 2.93. The number of hydrogen-bond acceptors (Lipinski definition) is 3. The summed E-state index contributed by atoms with van der Waals surface area (Å²) in [6, 6.07) is 19.5. The maximum atomic E-state index is 12.5. The molecular weight excluding hydrogens is 302 g/mol. The molecule has 1 N–H and O–H groups in total. The molecule has 24 heavy (non-hydrogen) atoms. The second-order valence-electron chi connectivity index (χ2n) is 5.81. The summed E-state index contributed by atoms with van der Waals surface area (Å²) >= 11 is 0. The number of benzene rings is 2. The molecule has 0 spiro atoms. The summed E-state index contributed by atoms with van der Waals surface area (Å²) in [5.74, 6) is 1.06. The van der Waals surface area contributed by atoms with Crippen molar-refractivity contribution < 1.29 is 9.32 Å². The molecule has 2 heterocycles. The molecule has 0 saturated carbocycles. The van der Waals surface area contributed by atoms with Gasteiger partial charge in [-0.15, -0.1) is 0 Å². The van der Waals surface area contributed by atoms with Crippen LogP contribution in [-0.4, -0.2) is 22.6 Å². The highest BCUT2D eigenvalue weighted by atomic mass is 16.5. The number of amides is 2. The molecule has 0 fully saturated rings. The summed E-state index contributed by atoms with van der Waals surface area (Å²) in [6.07, 6.45) is 0.873. The molecule has 0 radical (unpaired) electrons. The van der Waals surface area contributed by atoms with Gasteiger partial charge in [0.25, 0.3) is 0 Å². The van der Waals surface area contributed by atoms with Crippen LogP contribution in [0, 0.1) is 0 Å². The molecule has 0 aliphatic carbocycles. The van der Waals surface area contributed by atoms with Gasteiger partial charge in [-0.05, 0) is 17.5 Å². The quantitative estimate of drug-likeness (QED) is 0.778. The van der Waals surface area contributed by atoms with Crippen molar-refractivity contribution in [2.24, 2.45) is 0 Å². The Balaban J connectivity index is 1.45. The van der Waals surface area contributed by atoms with Crippen LogP contribution in [-0.2, 0) is 13.0 Å². The zero-order chi connectivity index (χ0) is 16.4. The van der Waals surface area contributed by atoms with Crippen molar-refractivity contribution in [2.45, 2.75) is 13.0 Å². The van der Waals surface area contributed by atoms with Gasteiger partial charge in [0, 0.05) is 24.7 Å². The number of rotatable bonds is 2. The van der Waals surface area contributed by atoms with Crippen molar-refractivity contribution in [3.63, 3.8) is 0 Å². The van der Waals surface area contributed by atoms with Crippen molar-refractivity contribution in [3.8, 4) is 11.3 Å². The van der Waals surface area contributed by atoms with E-state index in [2.05, 4.69) is 22.6 Å². The first kappa shape index (κ1) is 14.5. The van der Waals surface area contributed by atoms with E-state index in [-0.39, 0.29) is 6.03 Å². The molecule has 120 valence electrons. The second kappa shape index (κ2) is 6.20. The Morgan fingerprint density at radius 1 is 1.04 bits per heavy atom. The fraction of sp³-hybridized carbons (Fsp3) is 0.158. The fourth-order valence-electron chi connectivity index (χ4n) is 2.93. The first-order valence-electron chi connectivity index (χ1n) is 7.94. The highest BCUT2D eigenvalue weighted by molar-refractivity contribution is 5.89. The molecular formula is C19H17N3O2. The van der Waals surface area contributed by atoms with E-state index >= 15 is 0 Å². The lowest BCUT2D eigenvalue weighted by molar-refractivity contribution is 0.206. The molecule has 0 atom stereocenters. The molecule has 5 nitrogen and oxygen atoms in total. The summed E-state index contributed by atoms with van der Waals surface area (Å²) in [4.78, 5) is 14.2. The van der Waals surface area contributed by atoms with E-state index in [1.807, 2.05) is 42.5 Å². The van der Waals surface area contributed by atoms with E-state index in [0.717, 1.165) is 12.0 Å². The van der Waals surface area contributed by atoms with Crippen LogP contribution in [0.1, 0.15) is 11.1 Å². The first-order chi connectivity index (χ1) is 11.8. The van der Waals surface area contributed by atoms with Crippen LogP contribution in [0.4, 0.5) is 10.6 Å². The number of urea groups is 1. The third kappa shape index (κ3) is 2.88. The lowest BCUT2D eigenvalue weighted by Crippen LogP contribution is -2.38. The van der Waals surface area contributed by atoms with Crippen LogP contribution in [0.3, 0.4) is 0 Å². The highest BCUT2D eigenvalue weighted by Gasteiger charge is 2.21. The van der Waals surface area contributed by atoms with Crippen LogP contribution in [0.2, 0.25) is 0 Å². The van der Waals surface area contributed by atoms with Crippen LogP contribution >= 0.6 is 0 Å². The van der Waals surface area contributed by atoms with Gasteiger partial charge >= 0.3 is 6.03 Å². The minimum atomic E-state index is -0.155. The summed E-state index contributed by atoms with van der Waals surface area (Å²) in [7, 11) is 0. The van der Waals surface area contributed by atoms with E-state index in [9.17, 15) is 4.79 Å². The van der Waals surface area contributed by atoms with Crippen LogP contribution in [0.25, 0.3) is 11.3 Å². The van der Waals surface area contributed by atoms with E-state index in [0.29, 0.717) is 24.7 Å². The van der Waals surface area contributed by atoms with Gasteiger partial charge in [0.1, 0.15) is 0 Å².